The van der Waals surface area contributed by atoms with E-state index in [0.29, 0.717) is 11.1 Å². The molecule has 0 aliphatic heterocycles. The van der Waals surface area contributed by atoms with Crippen LogP contribution < -0.4 is 0 Å². The SMILES string of the molecule is CC#[N+]C.CC#[N+]C.CC#[N+]C.CC#[N+]C.CC#[N+]C.Cc1c(C)c(C#[N+][O-])c(C)c(C)c1C#[N+][O-].Cc1cc(C)c2c(C)cc(C)cc2c1.Cc1cc(C)c2cc(C)cc(C)c2c1.Cc1cc(C)cc(C)c1. The summed E-state index contributed by atoms with van der Waals surface area (Å²) in [5, 5.41) is 31.5. The molecule has 0 atom stereocenters. The highest BCUT2D eigenvalue weighted by Crippen LogP contribution is 2.27. The van der Waals surface area contributed by atoms with E-state index in [1.165, 1.54) is 82.7 Å². The van der Waals surface area contributed by atoms with Crippen molar-refractivity contribution in [3.05, 3.63) is 206 Å². The van der Waals surface area contributed by atoms with E-state index in [2.05, 4.69) is 220 Å². The van der Waals surface area contributed by atoms with Gasteiger partial charge in [0.1, 0.15) is 11.1 Å². The Bertz CT molecular complexity index is 2840. The van der Waals surface area contributed by atoms with Crippen LogP contribution in [0.15, 0.2) is 66.7 Å². The maximum Gasteiger partial charge on any atom is 0.337 e. The number of hydrogen-bond acceptors (Lipinski definition) is 2. The van der Waals surface area contributed by atoms with Crippen molar-refractivity contribution in [2.24, 2.45) is 0 Å². The van der Waals surface area contributed by atoms with Gasteiger partial charge in [0.05, 0.1) is 34.6 Å². The van der Waals surface area contributed by atoms with Crippen LogP contribution in [-0.4, -0.2) is 35.2 Å². The van der Waals surface area contributed by atoms with Crippen LogP contribution in [-0.2, 0) is 0 Å². The summed E-state index contributed by atoms with van der Waals surface area (Å²) >= 11 is 0. The molecule has 6 aromatic rings. The fourth-order valence-corrected chi connectivity index (χ4v) is 7.48. The highest BCUT2D eigenvalue weighted by Gasteiger charge is 2.18. The third kappa shape index (κ3) is 27.2. The number of nitrogens with zero attached hydrogens (tertiary/aromatic N) is 7. The second-order valence-corrected chi connectivity index (χ2v) is 17.1. The van der Waals surface area contributed by atoms with Gasteiger partial charge in [0, 0.05) is 10.0 Å². The summed E-state index contributed by atoms with van der Waals surface area (Å²) in [6.45, 7) is 40.0. The molecule has 0 fully saturated rings. The number of aryl methyl sites for hydroxylation is 11. The van der Waals surface area contributed by atoms with Crippen molar-refractivity contribution < 1.29 is 0 Å². The summed E-state index contributed by atoms with van der Waals surface area (Å²) in [4.78, 5) is 17.4. The van der Waals surface area contributed by atoms with E-state index in [0.717, 1.165) is 22.3 Å². The predicted octanol–water partition coefficient (Wildman–Crippen LogP) is 18.9. The molecule has 9 heteroatoms. The Balaban J connectivity index is -0.000000803. The molecule has 0 N–H and O–H groups in total. The van der Waals surface area contributed by atoms with Gasteiger partial charge in [-0.05, 0) is 170 Å². The van der Waals surface area contributed by atoms with E-state index < -0.39 is 0 Å². The molecular formula is C64H86N7O2+5. The van der Waals surface area contributed by atoms with Crippen molar-refractivity contribution in [3.8, 4) is 42.5 Å². The van der Waals surface area contributed by atoms with Gasteiger partial charge in [-0.2, -0.15) is 0 Å². The first-order chi connectivity index (χ1) is 34.4. The first-order valence-electron chi connectivity index (χ1n) is 24.0. The highest BCUT2D eigenvalue weighted by atomic mass is 16.4. The summed E-state index contributed by atoms with van der Waals surface area (Å²) in [7, 11) is 8.47. The average molecular weight is 985 g/mol. The van der Waals surface area contributed by atoms with E-state index in [1.807, 2.05) is 27.7 Å². The van der Waals surface area contributed by atoms with Crippen molar-refractivity contribution in [1.29, 1.82) is 0 Å². The van der Waals surface area contributed by atoms with Crippen molar-refractivity contribution >= 4 is 21.5 Å². The monoisotopic (exact) mass is 985 g/mol. The van der Waals surface area contributed by atoms with Crippen LogP contribution in [0.2, 0.25) is 0 Å². The van der Waals surface area contributed by atoms with Crippen LogP contribution in [0.1, 0.15) is 129 Å². The highest BCUT2D eigenvalue weighted by molar-refractivity contribution is 5.90. The third-order valence-corrected chi connectivity index (χ3v) is 10.9. The van der Waals surface area contributed by atoms with Gasteiger partial charge in [-0.15, -0.1) is 0 Å². The van der Waals surface area contributed by atoms with Crippen molar-refractivity contribution in [2.45, 2.75) is 138 Å². The molecule has 0 saturated heterocycles. The molecule has 0 saturated carbocycles. The Kier molecular flexibility index (Phi) is 37.5. The second kappa shape index (κ2) is 39.6. The minimum absolute atomic E-state index is 0.682. The maximum absolute atomic E-state index is 10.3. The normalized spacial score (nSPS) is 8.23. The molecule has 0 aliphatic carbocycles. The Morgan fingerprint density at radius 2 is 0.507 bits per heavy atom. The molecule has 0 bridgehead atoms. The molecule has 73 heavy (non-hydrogen) atoms. The molecule has 0 amide bonds. The van der Waals surface area contributed by atoms with Crippen molar-refractivity contribution in [2.75, 3.05) is 35.2 Å². The topological polar surface area (TPSA) is 76.6 Å². The van der Waals surface area contributed by atoms with Crippen LogP contribution in [0.3, 0.4) is 0 Å². The van der Waals surface area contributed by atoms with Gasteiger partial charge < -0.3 is 10.4 Å². The lowest BCUT2D eigenvalue weighted by Gasteiger charge is -2.09. The number of rotatable bonds is 0. The van der Waals surface area contributed by atoms with Crippen LogP contribution in [0, 0.1) is 157 Å². The Morgan fingerprint density at radius 3 is 0.726 bits per heavy atom. The molecule has 6 aromatic carbocycles. The van der Waals surface area contributed by atoms with Gasteiger partial charge >= 0.3 is 12.1 Å². The van der Waals surface area contributed by atoms with E-state index in [9.17, 15) is 10.4 Å². The molecule has 384 valence electrons. The Hall–Kier alpha value is -8.13. The quantitative estimate of drug-likeness (QED) is 0.142. The average Bonchev–Trinajstić information content (AvgIpc) is 3.34. The summed E-state index contributed by atoms with van der Waals surface area (Å²) in [5.74, 6) is 0. The van der Waals surface area contributed by atoms with Gasteiger partial charge in [0.15, 0.2) is 0 Å². The van der Waals surface area contributed by atoms with Crippen molar-refractivity contribution in [1.82, 2.24) is 0 Å². The zero-order chi connectivity index (χ0) is 56.8. The van der Waals surface area contributed by atoms with Gasteiger partial charge in [0.2, 0.25) is 0 Å². The molecule has 0 unspecified atom stereocenters. The van der Waals surface area contributed by atoms with E-state index in [4.69, 9.17) is 0 Å². The second-order valence-electron chi connectivity index (χ2n) is 17.1. The van der Waals surface area contributed by atoms with Crippen LogP contribution in [0.5, 0.6) is 0 Å². The number of hydrogen-bond donors (Lipinski definition) is 0. The summed E-state index contributed by atoms with van der Waals surface area (Å²) < 4.78 is 0. The Morgan fingerprint density at radius 1 is 0.301 bits per heavy atom. The summed E-state index contributed by atoms with van der Waals surface area (Å²) in [6, 6.07) is 42.3. The lowest BCUT2D eigenvalue weighted by Crippen LogP contribution is -2.00. The predicted molar refractivity (Wildman–Crippen MR) is 325 cm³/mol. The van der Waals surface area contributed by atoms with Crippen LogP contribution >= 0.6 is 0 Å². The fourth-order valence-electron chi connectivity index (χ4n) is 7.48. The van der Waals surface area contributed by atoms with Crippen LogP contribution in [0.25, 0.3) is 55.8 Å². The molecule has 0 heterocycles. The van der Waals surface area contributed by atoms with Crippen molar-refractivity contribution in [3.63, 3.8) is 0 Å². The van der Waals surface area contributed by atoms with Gasteiger partial charge in [-0.25, -0.2) is 0 Å². The zero-order valence-corrected chi connectivity index (χ0v) is 49.3. The van der Waals surface area contributed by atoms with Gasteiger partial charge in [-0.3, -0.25) is 0 Å². The Labute approximate surface area is 441 Å². The molecule has 0 aromatic heterocycles. The summed E-state index contributed by atoms with van der Waals surface area (Å²) in [6.07, 6.45) is 0. The minimum atomic E-state index is 0.682. The lowest BCUT2D eigenvalue weighted by molar-refractivity contribution is 1.20. The number of benzene rings is 6. The first-order valence-corrected chi connectivity index (χ1v) is 24.0. The van der Waals surface area contributed by atoms with Gasteiger partial charge in [0.25, 0.3) is 65.6 Å². The standard InChI is InChI=1S/2C14H16.C12H12N2O2.C9H12.5C3H6N/c1-9-5-11(3)14-8-10(2)6-12(4)13(14)7-9;1-9-5-11(3)14-12(4)6-10(2)8-13(14)7-9;1-7-8(2)12(6-14-16)10(4)9(3)11(7)5-13-15;1-7-4-8(2)6-9(3)5-7;5*1-3-4-2/h2*5-8H,1-4H3;1-4H3;4-6H,1-3H3;5*1-2H3/q;;;;5*+1. The maximum atomic E-state index is 10.3. The van der Waals surface area contributed by atoms with E-state index >= 15 is 0 Å². The molecule has 9 nitrogen and oxygen atoms in total. The third-order valence-electron chi connectivity index (χ3n) is 10.9. The minimum Gasteiger partial charge on any atom is -0.498 e. The molecular weight excluding hydrogens is 899 g/mol. The smallest absolute Gasteiger partial charge is 0.337 e. The molecule has 0 aliphatic rings. The fraction of sp³-hybridized carbons (Fsp3) is 0.391. The van der Waals surface area contributed by atoms with E-state index in [1.54, 1.807) is 69.9 Å². The van der Waals surface area contributed by atoms with Gasteiger partial charge in [-0.1, -0.05) is 130 Å². The first kappa shape index (κ1) is 69.1. The molecule has 6 rings (SSSR count). The van der Waals surface area contributed by atoms with E-state index in [-0.39, 0.29) is 0 Å². The molecule has 0 spiro atoms. The number of fused-ring (bicyclic) bond motifs is 2. The summed E-state index contributed by atoms with van der Waals surface area (Å²) in [5.41, 5.74) is 19.8. The largest absolute Gasteiger partial charge is 0.498 e. The lowest BCUT2D eigenvalue weighted by atomic mass is 9.90. The zero-order valence-electron chi connectivity index (χ0n) is 49.3. The van der Waals surface area contributed by atoms with Crippen LogP contribution in [0.4, 0.5) is 0 Å². The molecule has 0 radical (unpaired) electrons.